The molecule has 0 spiro atoms. The summed E-state index contributed by atoms with van der Waals surface area (Å²) in [6.07, 6.45) is 1.60. The van der Waals surface area contributed by atoms with Crippen LogP contribution < -0.4 is 10.00 Å². The lowest BCUT2D eigenvalue weighted by atomic mass is 10.2. The third kappa shape index (κ3) is 3.04. The molecule has 0 aliphatic heterocycles. The van der Waals surface area contributed by atoms with Gasteiger partial charge in [-0.25, -0.2) is 0 Å². The smallest absolute Gasteiger partial charge is 0.289 e. The molecule has 2 aromatic rings. The molecule has 1 aromatic carbocycles. The highest BCUT2D eigenvalue weighted by atomic mass is 35.5. The molecule has 0 atom stereocenters. The average Bonchev–Trinajstić information content (AvgIpc) is 2.68. The number of nitrogens with one attached hydrogen (secondary N) is 1. The van der Waals surface area contributed by atoms with E-state index in [1.807, 2.05) is 24.3 Å². The molecule has 0 saturated heterocycles. The summed E-state index contributed by atoms with van der Waals surface area (Å²) in [5, 5.41) is 6.95. The number of nitrogens with zero attached hydrogens (tertiary/aromatic N) is 2. The topological polar surface area (TPSA) is 59.0 Å². The van der Waals surface area contributed by atoms with Crippen molar-refractivity contribution in [3.05, 3.63) is 41.0 Å². The van der Waals surface area contributed by atoms with E-state index < -0.39 is 0 Å². The average molecular weight is 253 g/mol. The standard InChI is InChI=1S/C11H10ClN3O2/c1-8(16)13-11-7-15(14-17-11)6-9-4-2-3-5-10(9)12/h2-5,7H,6H2,1H3/p+1. The van der Waals surface area contributed by atoms with Crippen molar-refractivity contribution in [1.82, 2.24) is 5.27 Å². The van der Waals surface area contributed by atoms with Crippen LogP contribution in [0.25, 0.3) is 0 Å². The first-order valence-electron chi connectivity index (χ1n) is 5.02. The van der Waals surface area contributed by atoms with Gasteiger partial charge in [-0.3, -0.25) is 14.6 Å². The fourth-order valence-corrected chi connectivity index (χ4v) is 1.58. The number of hydrogen-bond acceptors (Lipinski definition) is 3. The van der Waals surface area contributed by atoms with Gasteiger partial charge in [-0.2, -0.15) is 0 Å². The van der Waals surface area contributed by atoms with E-state index >= 15 is 0 Å². The van der Waals surface area contributed by atoms with Crippen LogP contribution >= 0.6 is 11.6 Å². The van der Waals surface area contributed by atoms with Gasteiger partial charge in [0, 0.05) is 12.5 Å². The Morgan fingerprint density at radius 1 is 1.53 bits per heavy atom. The lowest BCUT2D eigenvalue weighted by Crippen LogP contribution is -2.35. The van der Waals surface area contributed by atoms with Crippen LogP contribution in [0, 0.1) is 0 Å². The molecule has 0 aliphatic carbocycles. The van der Waals surface area contributed by atoms with Gasteiger partial charge in [0.25, 0.3) is 6.20 Å². The maximum absolute atomic E-state index is 10.8. The van der Waals surface area contributed by atoms with Crippen molar-refractivity contribution in [3.63, 3.8) is 0 Å². The summed E-state index contributed by atoms with van der Waals surface area (Å²) in [6.45, 7) is 1.89. The predicted molar refractivity (Wildman–Crippen MR) is 61.6 cm³/mol. The van der Waals surface area contributed by atoms with Gasteiger partial charge in [0.2, 0.25) is 17.7 Å². The second-order valence-electron chi connectivity index (χ2n) is 3.54. The Kier molecular flexibility index (Phi) is 3.39. The molecule has 2 rings (SSSR count). The van der Waals surface area contributed by atoms with Crippen LogP contribution in [0.15, 0.2) is 35.0 Å². The fourth-order valence-electron chi connectivity index (χ4n) is 1.38. The van der Waals surface area contributed by atoms with E-state index in [0.29, 0.717) is 17.5 Å². The number of carbonyl (C=O) groups excluding carboxylic acids is 1. The van der Waals surface area contributed by atoms with E-state index in [0.717, 1.165) is 5.56 Å². The molecule has 6 heteroatoms. The number of hydrogen-bond donors (Lipinski definition) is 1. The van der Waals surface area contributed by atoms with Gasteiger partial charge in [0.05, 0.1) is 5.02 Å². The molecule has 0 radical (unpaired) electrons. The third-order valence-corrected chi connectivity index (χ3v) is 2.47. The van der Waals surface area contributed by atoms with E-state index in [4.69, 9.17) is 16.1 Å². The zero-order chi connectivity index (χ0) is 12.3. The van der Waals surface area contributed by atoms with Gasteiger partial charge >= 0.3 is 5.88 Å². The van der Waals surface area contributed by atoms with Crippen LogP contribution in [0.4, 0.5) is 5.88 Å². The van der Waals surface area contributed by atoms with Crippen molar-refractivity contribution in [1.29, 1.82) is 0 Å². The highest BCUT2D eigenvalue weighted by Gasteiger charge is 2.14. The Morgan fingerprint density at radius 2 is 2.29 bits per heavy atom. The van der Waals surface area contributed by atoms with E-state index in [1.165, 1.54) is 6.92 Å². The van der Waals surface area contributed by atoms with Crippen molar-refractivity contribution in [2.24, 2.45) is 0 Å². The molecule has 1 heterocycles. The normalized spacial score (nSPS) is 10.2. The van der Waals surface area contributed by atoms with Crippen LogP contribution in [0.5, 0.6) is 0 Å². The molecule has 0 aliphatic rings. The first-order chi connectivity index (χ1) is 8.15. The Balaban J connectivity index is 2.12. The summed E-state index contributed by atoms with van der Waals surface area (Å²) in [5.74, 6) is 0.107. The van der Waals surface area contributed by atoms with E-state index in [9.17, 15) is 4.79 Å². The van der Waals surface area contributed by atoms with E-state index in [1.54, 1.807) is 10.9 Å². The molecule has 5 nitrogen and oxygen atoms in total. The Bertz CT molecular complexity index is 539. The van der Waals surface area contributed by atoms with Crippen LogP contribution in [0.1, 0.15) is 12.5 Å². The minimum absolute atomic E-state index is 0.203. The summed E-state index contributed by atoms with van der Waals surface area (Å²) >= 11 is 6.02. The molecule has 17 heavy (non-hydrogen) atoms. The second kappa shape index (κ2) is 4.97. The summed E-state index contributed by atoms with van der Waals surface area (Å²) < 4.78 is 6.49. The molecule has 0 unspecified atom stereocenters. The van der Waals surface area contributed by atoms with Gasteiger partial charge in [0.1, 0.15) is 0 Å². The zero-order valence-corrected chi connectivity index (χ0v) is 9.94. The number of halogens is 1. The number of benzene rings is 1. The minimum Gasteiger partial charge on any atom is -0.289 e. The SMILES string of the molecule is CC(=O)Nc1c[n+](Cc2ccccc2Cl)no1. The summed E-state index contributed by atoms with van der Waals surface area (Å²) in [7, 11) is 0. The zero-order valence-electron chi connectivity index (χ0n) is 9.18. The number of aromatic nitrogens is 2. The van der Waals surface area contributed by atoms with Gasteiger partial charge < -0.3 is 0 Å². The molecule has 0 fully saturated rings. The highest BCUT2D eigenvalue weighted by Crippen LogP contribution is 2.14. The molecule has 1 N–H and O–H groups in total. The number of rotatable bonds is 3. The molecule has 0 saturated carbocycles. The largest absolute Gasteiger partial charge is 0.302 e. The quantitative estimate of drug-likeness (QED) is 0.845. The molecule has 0 bridgehead atoms. The monoisotopic (exact) mass is 252 g/mol. The molecule has 88 valence electrons. The van der Waals surface area contributed by atoms with Crippen molar-refractivity contribution in [2.75, 3.05) is 5.32 Å². The van der Waals surface area contributed by atoms with Crippen molar-refractivity contribution in [2.45, 2.75) is 13.5 Å². The minimum atomic E-state index is -0.203. The predicted octanol–water partition coefficient (Wildman–Crippen LogP) is 1.62. The third-order valence-electron chi connectivity index (χ3n) is 2.10. The summed E-state index contributed by atoms with van der Waals surface area (Å²) in [6, 6.07) is 7.48. The maximum Gasteiger partial charge on any atom is 0.302 e. The van der Waals surface area contributed by atoms with Crippen LogP contribution in [0.3, 0.4) is 0 Å². The van der Waals surface area contributed by atoms with Gasteiger partial charge in [-0.1, -0.05) is 29.8 Å². The number of anilines is 1. The molecular weight excluding hydrogens is 242 g/mol. The lowest BCUT2D eigenvalue weighted by molar-refractivity contribution is -0.754. The summed E-state index contributed by atoms with van der Waals surface area (Å²) in [4.78, 5) is 10.8. The van der Waals surface area contributed by atoms with Crippen molar-refractivity contribution >= 4 is 23.4 Å². The number of amides is 1. The van der Waals surface area contributed by atoms with Gasteiger partial charge in [0.15, 0.2) is 0 Å². The lowest BCUT2D eigenvalue weighted by Gasteiger charge is -1.95. The first kappa shape index (κ1) is 11.6. The van der Waals surface area contributed by atoms with E-state index in [-0.39, 0.29) is 5.91 Å². The molecule has 1 aromatic heterocycles. The summed E-state index contributed by atoms with van der Waals surface area (Å²) in [5.41, 5.74) is 0.932. The molecule has 1 amide bonds. The van der Waals surface area contributed by atoms with Crippen LogP contribution in [0.2, 0.25) is 5.02 Å². The van der Waals surface area contributed by atoms with Crippen LogP contribution in [-0.2, 0) is 11.3 Å². The fraction of sp³-hybridized carbons (Fsp3) is 0.182. The second-order valence-corrected chi connectivity index (χ2v) is 3.94. The maximum atomic E-state index is 10.8. The molecular formula is C11H11ClN3O2+. The van der Waals surface area contributed by atoms with Gasteiger partial charge in [-0.05, 0) is 10.7 Å². The Labute approximate surface area is 103 Å². The first-order valence-corrected chi connectivity index (χ1v) is 5.40. The van der Waals surface area contributed by atoms with E-state index in [2.05, 4.69) is 10.6 Å². The number of carbonyl (C=O) groups is 1. The van der Waals surface area contributed by atoms with Crippen LogP contribution in [-0.4, -0.2) is 11.2 Å². The van der Waals surface area contributed by atoms with Gasteiger partial charge in [-0.15, -0.1) is 0 Å². The Hall–Kier alpha value is -1.88. The highest BCUT2D eigenvalue weighted by molar-refractivity contribution is 6.31. The van der Waals surface area contributed by atoms with Crippen molar-refractivity contribution in [3.8, 4) is 0 Å². The van der Waals surface area contributed by atoms with Crippen molar-refractivity contribution < 1.29 is 14.0 Å². The Morgan fingerprint density at radius 3 is 3.00 bits per heavy atom.